The first-order valence-corrected chi connectivity index (χ1v) is 9.66. The highest BCUT2D eigenvalue weighted by Crippen LogP contribution is 2.34. The van der Waals surface area contributed by atoms with E-state index in [1.54, 1.807) is 0 Å². The first-order chi connectivity index (χ1) is 11.3. The number of hydrogen-bond donors (Lipinski definition) is 4. The summed E-state index contributed by atoms with van der Waals surface area (Å²) in [6, 6.07) is 8.47. The summed E-state index contributed by atoms with van der Waals surface area (Å²) >= 11 is 0. The third-order valence-corrected chi connectivity index (χ3v) is 4.49. The molecule has 24 heavy (non-hydrogen) atoms. The minimum Gasteiger partial charge on any atom is -0.388 e. The molecule has 1 aliphatic heterocycles. The van der Waals surface area contributed by atoms with Crippen LogP contribution in [0.4, 0.5) is 0 Å². The Morgan fingerprint density at radius 2 is 1.92 bits per heavy atom. The third kappa shape index (κ3) is 5.34. The number of ether oxygens (including phenoxy) is 3. The van der Waals surface area contributed by atoms with Gasteiger partial charge < -0.3 is 29.3 Å². The van der Waals surface area contributed by atoms with Crippen molar-refractivity contribution in [3.8, 4) is 0 Å². The van der Waals surface area contributed by atoms with Crippen LogP contribution in [0.15, 0.2) is 30.3 Å². The summed E-state index contributed by atoms with van der Waals surface area (Å²) in [5.74, 6) is 0. The molecule has 136 valence electrons. The molecule has 1 aromatic carbocycles. The van der Waals surface area contributed by atoms with E-state index in [1.807, 2.05) is 30.3 Å². The fraction of sp³-hybridized carbons (Fsp3) is 0.600. The molecule has 0 spiro atoms. The molecule has 0 aromatic heterocycles. The van der Waals surface area contributed by atoms with E-state index in [1.165, 1.54) is 7.11 Å². The van der Waals surface area contributed by atoms with Gasteiger partial charge in [-0.15, -0.1) is 0 Å². The molecular weight excluding hydrogens is 337 g/mol. The summed E-state index contributed by atoms with van der Waals surface area (Å²) in [5, 5.41) is 22.8. The third-order valence-electron chi connectivity index (χ3n) is 3.72. The number of nitrogens with one attached hydrogen (secondary N) is 1. The Bertz CT molecular complexity index is 550. The van der Waals surface area contributed by atoms with Crippen LogP contribution < -0.4 is 5.09 Å². The Morgan fingerprint density at radius 3 is 2.50 bits per heavy atom. The monoisotopic (exact) mass is 361 g/mol. The summed E-state index contributed by atoms with van der Waals surface area (Å²) in [6.07, 6.45) is -4.43. The minimum atomic E-state index is -3.64. The summed E-state index contributed by atoms with van der Waals surface area (Å²) in [6.45, 7) is 1.47. The molecule has 1 unspecified atom stereocenters. The molecule has 0 amide bonds. The predicted molar refractivity (Wildman–Crippen MR) is 86.5 cm³/mol. The van der Waals surface area contributed by atoms with Gasteiger partial charge in [0, 0.05) is 13.8 Å². The standard InChI is InChI=1S/C15H24NO7P/c1-21-15-12(16-24(2,19)20)14(18)13(17)11(23-15)9-22-8-10-6-4-3-5-7-10/h3-7,11-15,17-18H,8-9H2,1-2H3,(H2,16,19,20)/t11-,12-,13-,14-,15-/m1/s1. The van der Waals surface area contributed by atoms with Gasteiger partial charge >= 0.3 is 0 Å². The highest BCUT2D eigenvalue weighted by atomic mass is 31.2. The van der Waals surface area contributed by atoms with Crippen LogP contribution >= 0.6 is 7.52 Å². The normalized spacial score (nSPS) is 33.1. The van der Waals surface area contributed by atoms with E-state index in [9.17, 15) is 19.7 Å². The van der Waals surface area contributed by atoms with Crippen molar-refractivity contribution in [1.82, 2.24) is 5.09 Å². The molecule has 0 aliphatic carbocycles. The molecule has 6 atom stereocenters. The second-order valence-electron chi connectivity index (χ2n) is 5.79. The summed E-state index contributed by atoms with van der Waals surface area (Å²) in [5.41, 5.74) is 0.971. The van der Waals surface area contributed by atoms with E-state index in [-0.39, 0.29) is 6.61 Å². The van der Waals surface area contributed by atoms with Gasteiger partial charge in [0.25, 0.3) is 7.52 Å². The molecule has 1 aromatic rings. The van der Waals surface area contributed by atoms with Crippen molar-refractivity contribution < 1.29 is 33.9 Å². The zero-order valence-electron chi connectivity index (χ0n) is 13.6. The average Bonchev–Trinajstić information content (AvgIpc) is 2.54. The minimum absolute atomic E-state index is 0.0443. The van der Waals surface area contributed by atoms with Gasteiger partial charge in [0.2, 0.25) is 0 Å². The number of aliphatic hydroxyl groups is 2. The Morgan fingerprint density at radius 1 is 1.25 bits per heavy atom. The van der Waals surface area contributed by atoms with Gasteiger partial charge in [0.15, 0.2) is 6.29 Å². The Balaban J connectivity index is 1.94. The fourth-order valence-electron chi connectivity index (χ4n) is 2.55. The smallest absolute Gasteiger partial charge is 0.264 e. The van der Waals surface area contributed by atoms with E-state index in [2.05, 4.69) is 5.09 Å². The molecule has 1 aliphatic rings. The van der Waals surface area contributed by atoms with E-state index >= 15 is 0 Å². The molecule has 2 rings (SSSR count). The maximum absolute atomic E-state index is 11.5. The number of hydrogen-bond acceptors (Lipinski definition) is 6. The molecular formula is C15H24NO7P. The maximum Gasteiger partial charge on any atom is 0.264 e. The van der Waals surface area contributed by atoms with Crippen molar-refractivity contribution in [1.29, 1.82) is 0 Å². The van der Waals surface area contributed by atoms with Crippen LogP contribution in [0.2, 0.25) is 0 Å². The first-order valence-electron chi connectivity index (χ1n) is 7.56. The van der Waals surface area contributed by atoms with E-state index in [0.29, 0.717) is 6.61 Å². The number of aliphatic hydroxyl groups excluding tert-OH is 2. The SMILES string of the molecule is CO[C@@H]1O[C@H](COCc2ccccc2)[C@@H](O)[C@H](O)[C@H]1NP(C)(=O)O. The van der Waals surface area contributed by atoms with E-state index in [4.69, 9.17) is 14.2 Å². The molecule has 0 bridgehead atoms. The Kier molecular flexibility index (Phi) is 6.91. The second-order valence-corrected chi connectivity index (χ2v) is 7.81. The highest BCUT2D eigenvalue weighted by molar-refractivity contribution is 7.55. The van der Waals surface area contributed by atoms with Crippen molar-refractivity contribution >= 4 is 7.52 Å². The van der Waals surface area contributed by atoms with Gasteiger partial charge in [-0.05, 0) is 5.56 Å². The zero-order chi connectivity index (χ0) is 17.7. The van der Waals surface area contributed by atoms with Crippen molar-refractivity contribution in [2.45, 2.75) is 37.3 Å². The van der Waals surface area contributed by atoms with Crippen LogP contribution in [0, 0.1) is 0 Å². The average molecular weight is 361 g/mol. The molecule has 0 radical (unpaired) electrons. The lowest BCUT2D eigenvalue weighted by molar-refractivity contribution is -0.264. The molecule has 1 heterocycles. The topological polar surface area (TPSA) is 117 Å². The van der Waals surface area contributed by atoms with Crippen molar-refractivity contribution in [3.05, 3.63) is 35.9 Å². The van der Waals surface area contributed by atoms with Gasteiger partial charge in [0.1, 0.15) is 18.3 Å². The first kappa shape index (κ1) is 19.5. The summed E-state index contributed by atoms with van der Waals surface area (Å²) < 4.78 is 27.7. The van der Waals surface area contributed by atoms with Crippen LogP contribution in [-0.4, -0.2) is 66.1 Å². The van der Waals surface area contributed by atoms with Gasteiger partial charge in [-0.2, -0.15) is 0 Å². The van der Waals surface area contributed by atoms with Crippen molar-refractivity contribution in [2.75, 3.05) is 20.4 Å². The van der Waals surface area contributed by atoms with Gasteiger partial charge in [0.05, 0.1) is 19.3 Å². The number of rotatable bonds is 7. The zero-order valence-corrected chi connectivity index (χ0v) is 14.5. The quantitative estimate of drug-likeness (QED) is 0.504. The molecule has 8 nitrogen and oxygen atoms in total. The van der Waals surface area contributed by atoms with Gasteiger partial charge in [-0.25, -0.2) is 5.09 Å². The van der Waals surface area contributed by atoms with Gasteiger partial charge in [-0.1, -0.05) is 30.3 Å². The summed E-state index contributed by atoms with van der Waals surface area (Å²) in [7, 11) is -2.29. The summed E-state index contributed by atoms with van der Waals surface area (Å²) in [4.78, 5) is 9.44. The maximum atomic E-state index is 11.5. The van der Waals surface area contributed by atoms with Gasteiger partial charge in [-0.3, -0.25) is 4.57 Å². The lowest BCUT2D eigenvalue weighted by Gasteiger charge is -2.42. The van der Waals surface area contributed by atoms with Crippen LogP contribution in [0.25, 0.3) is 0 Å². The van der Waals surface area contributed by atoms with Crippen molar-refractivity contribution in [3.63, 3.8) is 0 Å². The molecule has 1 fully saturated rings. The Labute approximate surface area is 140 Å². The number of benzene rings is 1. The predicted octanol–water partition coefficient (Wildman–Crippen LogP) is 0.0697. The molecule has 4 N–H and O–H groups in total. The van der Waals surface area contributed by atoms with Crippen LogP contribution in [0.5, 0.6) is 0 Å². The number of methoxy groups -OCH3 is 1. The lowest BCUT2D eigenvalue weighted by Crippen LogP contribution is -2.63. The molecule has 1 saturated heterocycles. The second kappa shape index (κ2) is 8.51. The highest BCUT2D eigenvalue weighted by Gasteiger charge is 2.46. The lowest BCUT2D eigenvalue weighted by atomic mass is 9.98. The van der Waals surface area contributed by atoms with Crippen molar-refractivity contribution in [2.24, 2.45) is 0 Å². The van der Waals surface area contributed by atoms with Crippen LogP contribution in [0.1, 0.15) is 5.56 Å². The molecule has 0 saturated carbocycles. The Hall–Kier alpha value is -0.830. The van der Waals surface area contributed by atoms with E-state index < -0.39 is 38.2 Å². The van der Waals surface area contributed by atoms with Crippen LogP contribution in [-0.2, 0) is 25.4 Å². The molecule has 9 heteroatoms. The van der Waals surface area contributed by atoms with E-state index in [0.717, 1.165) is 12.2 Å². The fourth-order valence-corrected chi connectivity index (χ4v) is 3.38. The van der Waals surface area contributed by atoms with Crippen LogP contribution in [0.3, 0.4) is 0 Å². The largest absolute Gasteiger partial charge is 0.388 e.